The summed E-state index contributed by atoms with van der Waals surface area (Å²) in [5, 5.41) is 5.48. The highest BCUT2D eigenvalue weighted by molar-refractivity contribution is 6.02. The first kappa shape index (κ1) is 22.8. The summed E-state index contributed by atoms with van der Waals surface area (Å²) < 4.78 is 0. The van der Waals surface area contributed by atoms with E-state index in [2.05, 4.69) is 66.4 Å². The molecule has 32 heavy (non-hydrogen) atoms. The Hall–Kier alpha value is -2.35. The van der Waals surface area contributed by atoms with Gasteiger partial charge in [-0.15, -0.1) is 0 Å². The summed E-state index contributed by atoms with van der Waals surface area (Å²) >= 11 is 0. The molecule has 0 spiro atoms. The minimum atomic E-state index is 0.318. The average Bonchev–Trinajstić information content (AvgIpc) is 2.84. The van der Waals surface area contributed by atoms with Crippen molar-refractivity contribution >= 4 is 27.5 Å². The predicted molar refractivity (Wildman–Crippen MR) is 137 cm³/mol. The van der Waals surface area contributed by atoms with Gasteiger partial charge >= 0.3 is 0 Å². The smallest absolute Gasteiger partial charge is 0.219 e. The monoisotopic (exact) mass is 429 g/mol. The Balaban J connectivity index is 0.000000153. The highest BCUT2D eigenvalue weighted by Crippen LogP contribution is 2.30. The molecule has 5 rings (SSSR count). The first-order chi connectivity index (χ1) is 15.7. The number of aryl methyl sites for hydroxylation is 1. The summed E-state index contributed by atoms with van der Waals surface area (Å²) in [5.74, 6) is 0.318. The summed E-state index contributed by atoms with van der Waals surface area (Å²) in [6.07, 6.45) is 14.1. The number of carbonyl (C=O) groups is 1. The predicted octanol–water partition coefficient (Wildman–Crippen LogP) is 8.06. The number of hydrogen-bond acceptors (Lipinski definition) is 1. The van der Waals surface area contributed by atoms with Crippen LogP contribution in [0.2, 0.25) is 0 Å². The Bertz CT molecular complexity index is 955. The molecule has 2 fully saturated rings. The van der Waals surface area contributed by atoms with E-state index in [1.165, 1.54) is 91.3 Å². The molecule has 0 aliphatic heterocycles. The van der Waals surface area contributed by atoms with Crippen LogP contribution in [0, 0.1) is 0 Å². The fraction of sp³-hybridized carbons (Fsp3) is 0.500. The van der Waals surface area contributed by atoms with Crippen LogP contribution in [0.3, 0.4) is 0 Å². The standard InChI is InChI=1S/C16H14.C14H25NO/c1-2-14-15-9-5-3-7-12(15)11-13-8-4-6-10-16(13)14;1-12(16)15(13-8-4-2-5-9-13)14-10-6-3-7-11-14/h3-11H,2H2,1H3;13-14H,2-11H2,1H3. The number of carbonyl (C=O) groups excluding carboxylic acids is 1. The molecular formula is C30H39NO. The maximum absolute atomic E-state index is 11.9. The van der Waals surface area contributed by atoms with Crippen LogP contribution in [0.1, 0.15) is 83.6 Å². The van der Waals surface area contributed by atoms with E-state index in [-0.39, 0.29) is 0 Å². The van der Waals surface area contributed by atoms with Crippen LogP contribution in [0.25, 0.3) is 21.5 Å². The third-order valence-corrected chi connectivity index (χ3v) is 7.54. The highest BCUT2D eigenvalue weighted by Gasteiger charge is 2.30. The zero-order valence-corrected chi connectivity index (χ0v) is 20.0. The van der Waals surface area contributed by atoms with Gasteiger partial charge in [0, 0.05) is 19.0 Å². The van der Waals surface area contributed by atoms with E-state index in [9.17, 15) is 4.79 Å². The van der Waals surface area contributed by atoms with Crippen LogP contribution < -0.4 is 0 Å². The lowest BCUT2D eigenvalue weighted by Gasteiger charge is -2.41. The molecule has 2 nitrogen and oxygen atoms in total. The maximum Gasteiger partial charge on any atom is 0.219 e. The second-order valence-electron chi connectivity index (χ2n) is 9.66. The van der Waals surface area contributed by atoms with E-state index in [0.717, 1.165) is 6.42 Å². The fourth-order valence-corrected chi connectivity index (χ4v) is 6.02. The first-order valence-corrected chi connectivity index (χ1v) is 12.9. The Morgan fingerprint density at radius 2 is 1.19 bits per heavy atom. The molecule has 0 atom stereocenters. The first-order valence-electron chi connectivity index (χ1n) is 12.9. The topological polar surface area (TPSA) is 20.3 Å². The zero-order chi connectivity index (χ0) is 22.3. The molecule has 0 bridgehead atoms. The van der Waals surface area contributed by atoms with Gasteiger partial charge in [0.15, 0.2) is 0 Å². The molecule has 0 N–H and O–H groups in total. The van der Waals surface area contributed by atoms with Gasteiger partial charge in [-0.05, 0) is 65.3 Å². The van der Waals surface area contributed by atoms with Gasteiger partial charge in [0.05, 0.1) is 0 Å². The molecule has 3 aromatic carbocycles. The van der Waals surface area contributed by atoms with Gasteiger partial charge in [-0.3, -0.25) is 4.79 Å². The molecule has 2 aliphatic carbocycles. The van der Waals surface area contributed by atoms with Crippen LogP contribution in [-0.4, -0.2) is 22.9 Å². The van der Waals surface area contributed by atoms with Crippen molar-refractivity contribution < 1.29 is 4.79 Å². The van der Waals surface area contributed by atoms with Crippen molar-refractivity contribution in [3.8, 4) is 0 Å². The van der Waals surface area contributed by atoms with Crippen LogP contribution >= 0.6 is 0 Å². The van der Waals surface area contributed by atoms with Crippen molar-refractivity contribution in [2.45, 2.75) is 96.6 Å². The average molecular weight is 430 g/mol. The van der Waals surface area contributed by atoms with Gasteiger partial charge in [-0.25, -0.2) is 0 Å². The molecule has 2 saturated carbocycles. The van der Waals surface area contributed by atoms with E-state index in [1.54, 1.807) is 6.92 Å². The number of hydrogen-bond donors (Lipinski definition) is 0. The quantitative estimate of drug-likeness (QED) is 0.386. The number of nitrogens with zero attached hydrogens (tertiary/aromatic N) is 1. The van der Waals surface area contributed by atoms with E-state index in [1.807, 2.05) is 0 Å². The molecule has 0 aromatic heterocycles. The molecule has 170 valence electrons. The van der Waals surface area contributed by atoms with Crippen molar-refractivity contribution in [3.63, 3.8) is 0 Å². The second-order valence-corrected chi connectivity index (χ2v) is 9.66. The van der Waals surface area contributed by atoms with Crippen LogP contribution in [0.15, 0.2) is 54.6 Å². The molecule has 0 unspecified atom stereocenters. The lowest BCUT2D eigenvalue weighted by atomic mass is 9.88. The Morgan fingerprint density at radius 1 is 0.750 bits per heavy atom. The second kappa shape index (κ2) is 11.0. The summed E-state index contributed by atoms with van der Waals surface area (Å²) in [6.45, 7) is 4.00. The van der Waals surface area contributed by atoms with Crippen LogP contribution in [0.4, 0.5) is 0 Å². The third-order valence-electron chi connectivity index (χ3n) is 7.54. The molecule has 0 heterocycles. The summed E-state index contributed by atoms with van der Waals surface area (Å²) in [7, 11) is 0. The van der Waals surface area contributed by atoms with Gasteiger partial charge in [-0.2, -0.15) is 0 Å². The van der Waals surface area contributed by atoms with Gasteiger partial charge in [0.1, 0.15) is 0 Å². The van der Waals surface area contributed by atoms with Crippen molar-refractivity contribution in [2.75, 3.05) is 0 Å². The van der Waals surface area contributed by atoms with E-state index >= 15 is 0 Å². The zero-order valence-electron chi connectivity index (χ0n) is 20.0. The van der Waals surface area contributed by atoms with Crippen LogP contribution in [-0.2, 0) is 11.2 Å². The number of benzene rings is 3. The Morgan fingerprint density at radius 3 is 1.59 bits per heavy atom. The third kappa shape index (κ3) is 5.17. The lowest BCUT2D eigenvalue weighted by molar-refractivity contribution is -0.135. The van der Waals surface area contributed by atoms with Crippen molar-refractivity contribution in [1.82, 2.24) is 4.90 Å². The summed E-state index contributed by atoms with van der Waals surface area (Å²) in [4.78, 5) is 14.1. The fourth-order valence-electron chi connectivity index (χ4n) is 6.02. The van der Waals surface area contributed by atoms with Crippen molar-refractivity contribution in [3.05, 3.63) is 60.2 Å². The SMILES string of the molecule is CC(=O)N(C1CCCCC1)C1CCCCC1.CCc1c2ccccc2cc2ccccc12. The highest BCUT2D eigenvalue weighted by atomic mass is 16.2. The molecule has 2 aliphatic rings. The summed E-state index contributed by atoms with van der Waals surface area (Å²) in [5.41, 5.74) is 1.47. The maximum atomic E-state index is 11.9. The number of rotatable bonds is 3. The van der Waals surface area contributed by atoms with Gasteiger partial charge in [0.2, 0.25) is 5.91 Å². The molecule has 0 saturated heterocycles. The van der Waals surface area contributed by atoms with Gasteiger partial charge < -0.3 is 4.90 Å². The normalized spacial score (nSPS) is 17.7. The van der Waals surface area contributed by atoms with E-state index < -0.39 is 0 Å². The minimum Gasteiger partial charge on any atom is -0.337 e. The van der Waals surface area contributed by atoms with E-state index in [0.29, 0.717) is 18.0 Å². The van der Waals surface area contributed by atoms with E-state index in [4.69, 9.17) is 0 Å². The molecule has 3 aromatic rings. The molecule has 2 heteroatoms. The van der Waals surface area contributed by atoms with Gasteiger partial charge in [0.25, 0.3) is 0 Å². The Kier molecular flexibility index (Phi) is 7.84. The largest absolute Gasteiger partial charge is 0.337 e. The minimum absolute atomic E-state index is 0.318. The molecule has 1 amide bonds. The number of fused-ring (bicyclic) bond motifs is 2. The van der Waals surface area contributed by atoms with Crippen molar-refractivity contribution in [2.24, 2.45) is 0 Å². The number of amides is 1. The molecular weight excluding hydrogens is 390 g/mol. The van der Waals surface area contributed by atoms with Crippen LogP contribution in [0.5, 0.6) is 0 Å². The lowest BCUT2D eigenvalue weighted by Crippen LogP contribution is -2.47. The Labute approximate surface area is 194 Å². The van der Waals surface area contributed by atoms with Gasteiger partial charge in [-0.1, -0.05) is 94.0 Å². The van der Waals surface area contributed by atoms with Crippen molar-refractivity contribution in [1.29, 1.82) is 0 Å². The summed E-state index contributed by atoms with van der Waals surface area (Å²) in [6, 6.07) is 20.7. The molecule has 0 radical (unpaired) electrons.